The fraction of sp³-hybridized carbons (Fsp3) is 0.312. The number of carbonyl (C=O) groups is 2. The van der Waals surface area contributed by atoms with Crippen LogP contribution in [0.4, 0.5) is 14.9 Å². The van der Waals surface area contributed by atoms with Crippen LogP contribution in [-0.4, -0.2) is 46.9 Å². The maximum absolute atomic E-state index is 14.6. The molecular weight excluding hydrogens is 393 g/mol. The van der Waals surface area contributed by atoms with Crippen molar-refractivity contribution < 1.29 is 18.7 Å². The van der Waals surface area contributed by atoms with Crippen LogP contribution in [0.3, 0.4) is 0 Å². The van der Waals surface area contributed by atoms with Crippen molar-refractivity contribution in [3.63, 3.8) is 0 Å². The highest BCUT2D eigenvalue weighted by atomic mass is 32.1. The van der Waals surface area contributed by atoms with Crippen molar-refractivity contribution in [2.75, 3.05) is 18.0 Å². The molecule has 0 unspecified atom stereocenters. The van der Waals surface area contributed by atoms with Crippen molar-refractivity contribution in [3.05, 3.63) is 29.0 Å². The first kappa shape index (κ1) is 19.1. The Morgan fingerprint density at radius 3 is 3.04 bits per heavy atom. The molecule has 2 aromatic rings. The summed E-state index contributed by atoms with van der Waals surface area (Å²) in [5, 5.41) is 14.2. The largest absolute Gasteiger partial charge is 0.442 e. The third-order valence-electron chi connectivity index (χ3n) is 3.75. The molecule has 1 saturated heterocycles. The van der Waals surface area contributed by atoms with E-state index in [0.717, 1.165) is 0 Å². The molecule has 2 heterocycles. The molecular formula is C16H16FN5O3S2. The van der Waals surface area contributed by atoms with Gasteiger partial charge in [0.1, 0.15) is 16.9 Å². The van der Waals surface area contributed by atoms with Gasteiger partial charge in [0, 0.05) is 5.56 Å². The second kappa shape index (κ2) is 8.35. The van der Waals surface area contributed by atoms with E-state index in [1.165, 1.54) is 22.3 Å². The SMILES string of the molecule is CC(=S)NC[C@H]1CN(c2ccc(-c3nnc(CNC=O)s3)c(F)c2)C(=O)O1. The van der Waals surface area contributed by atoms with Gasteiger partial charge in [-0.25, -0.2) is 9.18 Å². The van der Waals surface area contributed by atoms with Gasteiger partial charge >= 0.3 is 6.09 Å². The van der Waals surface area contributed by atoms with E-state index in [2.05, 4.69) is 20.8 Å². The van der Waals surface area contributed by atoms with E-state index in [0.29, 0.717) is 40.2 Å². The summed E-state index contributed by atoms with van der Waals surface area (Å²) in [5.41, 5.74) is 0.672. The Morgan fingerprint density at radius 2 is 2.33 bits per heavy atom. The molecule has 11 heteroatoms. The van der Waals surface area contributed by atoms with E-state index in [1.807, 2.05) is 0 Å². The van der Waals surface area contributed by atoms with Gasteiger partial charge in [-0.2, -0.15) is 0 Å². The van der Waals surface area contributed by atoms with Gasteiger partial charge in [0.2, 0.25) is 6.41 Å². The molecule has 8 nitrogen and oxygen atoms in total. The number of rotatable bonds is 7. The van der Waals surface area contributed by atoms with E-state index < -0.39 is 11.9 Å². The molecule has 1 aliphatic heterocycles. The van der Waals surface area contributed by atoms with Crippen molar-refractivity contribution >= 4 is 46.7 Å². The number of ether oxygens (including phenoxy) is 1. The second-order valence-electron chi connectivity index (χ2n) is 5.72. The number of thiocarbonyl (C=S) groups is 1. The van der Waals surface area contributed by atoms with Crippen molar-refractivity contribution in [2.24, 2.45) is 0 Å². The van der Waals surface area contributed by atoms with Crippen molar-refractivity contribution in [2.45, 2.75) is 19.6 Å². The van der Waals surface area contributed by atoms with Crippen LogP contribution in [0, 0.1) is 5.82 Å². The van der Waals surface area contributed by atoms with Crippen LogP contribution in [-0.2, 0) is 16.1 Å². The Labute approximate surface area is 163 Å². The van der Waals surface area contributed by atoms with Crippen LogP contribution in [0.25, 0.3) is 10.6 Å². The van der Waals surface area contributed by atoms with Gasteiger partial charge in [-0.1, -0.05) is 23.6 Å². The summed E-state index contributed by atoms with van der Waals surface area (Å²) in [4.78, 5) is 24.4. The van der Waals surface area contributed by atoms with E-state index in [9.17, 15) is 14.0 Å². The van der Waals surface area contributed by atoms with Gasteiger partial charge in [0.25, 0.3) is 0 Å². The highest BCUT2D eigenvalue weighted by molar-refractivity contribution is 7.80. The molecule has 1 fully saturated rings. The fourth-order valence-corrected chi connectivity index (χ4v) is 3.41. The first-order chi connectivity index (χ1) is 13.0. The summed E-state index contributed by atoms with van der Waals surface area (Å²) in [6.45, 7) is 2.68. The number of halogens is 1. The normalized spacial score (nSPS) is 16.1. The summed E-state index contributed by atoms with van der Waals surface area (Å²) in [5.74, 6) is -0.525. The predicted octanol–water partition coefficient (Wildman–Crippen LogP) is 1.85. The highest BCUT2D eigenvalue weighted by Gasteiger charge is 2.32. The van der Waals surface area contributed by atoms with Crippen LogP contribution in [0.1, 0.15) is 11.9 Å². The fourth-order valence-electron chi connectivity index (χ4n) is 2.50. The first-order valence-electron chi connectivity index (χ1n) is 8.00. The Bertz CT molecular complexity index is 875. The monoisotopic (exact) mass is 409 g/mol. The molecule has 2 N–H and O–H groups in total. The third-order valence-corrected chi connectivity index (χ3v) is 4.85. The molecule has 0 bridgehead atoms. The van der Waals surface area contributed by atoms with Crippen LogP contribution < -0.4 is 15.5 Å². The average molecular weight is 409 g/mol. The van der Waals surface area contributed by atoms with Crippen LogP contribution >= 0.6 is 23.6 Å². The molecule has 0 radical (unpaired) electrons. The standard InChI is InChI=1S/C16H16FN5O3S2/c1-9(26)19-5-11-7-22(16(24)25-11)10-2-3-12(13(17)4-10)15-21-20-14(27-15)6-18-8-23/h2-4,8,11H,5-7H2,1H3,(H,18,23)(H,19,26)/t11-/m0/s1. The first-order valence-corrected chi connectivity index (χ1v) is 9.22. The van der Waals surface area contributed by atoms with Gasteiger partial charge in [-0.3, -0.25) is 9.69 Å². The molecule has 1 aromatic carbocycles. The molecule has 0 spiro atoms. The highest BCUT2D eigenvalue weighted by Crippen LogP contribution is 2.30. The molecule has 1 atom stereocenters. The summed E-state index contributed by atoms with van der Waals surface area (Å²) in [6, 6.07) is 4.44. The van der Waals surface area contributed by atoms with Crippen LogP contribution in [0.15, 0.2) is 18.2 Å². The lowest BCUT2D eigenvalue weighted by molar-refractivity contribution is -0.109. The Hall–Kier alpha value is -2.66. The van der Waals surface area contributed by atoms with Gasteiger partial charge in [0.05, 0.1) is 30.3 Å². The average Bonchev–Trinajstić information content (AvgIpc) is 3.24. The van der Waals surface area contributed by atoms with E-state index >= 15 is 0 Å². The summed E-state index contributed by atoms with van der Waals surface area (Å²) in [7, 11) is 0. The maximum atomic E-state index is 14.6. The molecule has 27 heavy (non-hydrogen) atoms. The van der Waals surface area contributed by atoms with Crippen molar-refractivity contribution in [1.82, 2.24) is 20.8 Å². The van der Waals surface area contributed by atoms with Gasteiger partial charge in [-0.15, -0.1) is 10.2 Å². The zero-order chi connectivity index (χ0) is 19.4. The maximum Gasteiger partial charge on any atom is 0.414 e. The quantitative estimate of drug-likeness (QED) is 0.532. The van der Waals surface area contributed by atoms with Gasteiger partial charge in [0.15, 0.2) is 5.01 Å². The molecule has 142 valence electrons. The lowest BCUT2D eigenvalue weighted by Gasteiger charge is -2.14. The lowest BCUT2D eigenvalue weighted by atomic mass is 10.2. The number of benzene rings is 1. The number of nitrogens with zero attached hydrogens (tertiary/aromatic N) is 3. The number of amides is 2. The van der Waals surface area contributed by atoms with Crippen molar-refractivity contribution in [3.8, 4) is 10.6 Å². The van der Waals surface area contributed by atoms with Crippen LogP contribution in [0.2, 0.25) is 0 Å². The summed E-state index contributed by atoms with van der Waals surface area (Å²) in [6.07, 6.45) is -0.342. The molecule has 3 rings (SSSR count). The Kier molecular flexibility index (Phi) is 5.91. The molecule has 2 amide bonds. The zero-order valence-corrected chi connectivity index (χ0v) is 15.9. The van der Waals surface area contributed by atoms with Gasteiger partial charge < -0.3 is 15.4 Å². The van der Waals surface area contributed by atoms with Gasteiger partial charge in [-0.05, 0) is 25.1 Å². The molecule has 0 saturated carbocycles. The molecule has 1 aromatic heterocycles. The number of carbonyl (C=O) groups excluding carboxylic acids is 2. The smallest absolute Gasteiger partial charge is 0.414 e. The number of aromatic nitrogens is 2. The number of cyclic esters (lactones) is 1. The topological polar surface area (TPSA) is 96.5 Å². The minimum atomic E-state index is -0.533. The third kappa shape index (κ3) is 4.55. The van der Waals surface area contributed by atoms with E-state index in [-0.39, 0.29) is 18.2 Å². The molecule has 0 aliphatic carbocycles. The predicted molar refractivity (Wildman–Crippen MR) is 102 cm³/mol. The van der Waals surface area contributed by atoms with E-state index in [1.54, 1.807) is 19.1 Å². The number of hydrogen-bond donors (Lipinski definition) is 2. The number of anilines is 1. The second-order valence-corrected chi connectivity index (χ2v) is 7.39. The molecule has 1 aliphatic rings. The minimum absolute atomic E-state index is 0.233. The summed E-state index contributed by atoms with van der Waals surface area (Å²) >= 11 is 6.12. The van der Waals surface area contributed by atoms with Crippen molar-refractivity contribution in [1.29, 1.82) is 0 Å². The van der Waals surface area contributed by atoms with E-state index in [4.69, 9.17) is 17.0 Å². The Balaban J connectivity index is 1.73. The summed E-state index contributed by atoms with van der Waals surface area (Å²) < 4.78 is 19.8. The lowest BCUT2D eigenvalue weighted by Crippen LogP contribution is -2.32. The zero-order valence-electron chi connectivity index (χ0n) is 14.3. The number of hydrogen-bond acceptors (Lipinski definition) is 7. The van der Waals surface area contributed by atoms with Crippen LogP contribution in [0.5, 0.6) is 0 Å². The number of nitrogens with one attached hydrogen (secondary N) is 2. The Morgan fingerprint density at radius 1 is 1.52 bits per heavy atom. The minimum Gasteiger partial charge on any atom is -0.442 e.